The van der Waals surface area contributed by atoms with Gasteiger partial charge in [0, 0.05) is 32.0 Å². The van der Waals surface area contributed by atoms with Gasteiger partial charge in [0.05, 0.1) is 11.7 Å². The molecule has 3 rings (SSSR count). The monoisotopic (exact) mass is 303 g/mol. The summed E-state index contributed by atoms with van der Waals surface area (Å²) in [7, 11) is 0. The van der Waals surface area contributed by atoms with E-state index in [1.165, 1.54) is 0 Å². The fourth-order valence-electron chi connectivity index (χ4n) is 3.05. The number of carbonyl (C=O) groups is 1. The van der Waals surface area contributed by atoms with Crippen molar-refractivity contribution in [2.75, 3.05) is 26.2 Å². The number of carbonyl (C=O) groups excluding carboxylic acids is 1. The number of H-pyrrole nitrogens is 1. The molecule has 0 saturated carbocycles. The number of amides is 1. The van der Waals surface area contributed by atoms with Crippen molar-refractivity contribution in [3.63, 3.8) is 0 Å². The largest absolute Gasteiger partial charge is 0.361 e. The van der Waals surface area contributed by atoms with Gasteiger partial charge in [-0.1, -0.05) is 12.1 Å². The predicted octanol–water partition coefficient (Wildman–Crippen LogP) is 1.53. The third-order valence-corrected chi connectivity index (χ3v) is 4.27. The van der Waals surface area contributed by atoms with Crippen LogP contribution in [0.5, 0.6) is 0 Å². The van der Waals surface area contributed by atoms with E-state index in [1.54, 1.807) is 20.0 Å². The topological polar surface area (TPSA) is 78.3 Å². The molecule has 2 aromatic heterocycles. The van der Waals surface area contributed by atoms with E-state index in [-0.39, 0.29) is 11.9 Å². The molecule has 3 heterocycles. The van der Waals surface area contributed by atoms with Gasteiger partial charge in [-0.3, -0.25) is 9.69 Å². The summed E-state index contributed by atoms with van der Waals surface area (Å²) in [6.45, 7) is 8.78. The molecular formula is C15H21N5O2. The van der Waals surface area contributed by atoms with E-state index in [9.17, 15) is 4.79 Å². The Morgan fingerprint density at radius 1 is 1.45 bits per heavy atom. The van der Waals surface area contributed by atoms with Crippen LogP contribution in [0, 0.1) is 13.8 Å². The van der Waals surface area contributed by atoms with E-state index in [4.69, 9.17) is 4.52 Å². The van der Waals surface area contributed by atoms with Gasteiger partial charge < -0.3 is 14.4 Å². The molecule has 1 unspecified atom stereocenters. The van der Waals surface area contributed by atoms with Crippen molar-refractivity contribution in [2.24, 2.45) is 0 Å². The number of aromatic amines is 1. The molecule has 1 N–H and O–H groups in total. The molecule has 0 radical (unpaired) electrons. The third-order valence-electron chi connectivity index (χ3n) is 4.27. The average molecular weight is 303 g/mol. The van der Waals surface area contributed by atoms with Gasteiger partial charge in [0.2, 0.25) is 0 Å². The Labute approximate surface area is 129 Å². The molecule has 7 nitrogen and oxygen atoms in total. The maximum absolute atomic E-state index is 12.8. The lowest BCUT2D eigenvalue weighted by atomic mass is 10.1. The van der Waals surface area contributed by atoms with Crippen molar-refractivity contribution >= 4 is 5.91 Å². The molecule has 1 amide bonds. The van der Waals surface area contributed by atoms with Crippen LogP contribution in [0.4, 0.5) is 0 Å². The molecule has 118 valence electrons. The fourth-order valence-corrected chi connectivity index (χ4v) is 3.05. The van der Waals surface area contributed by atoms with Gasteiger partial charge in [0.25, 0.3) is 5.91 Å². The number of hydrogen-bond donors (Lipinski definition) is 1. The summed E-state index contributed by atoms with van der Waals surface area (Å²) in [5.74, 6) is 1.47. The highest BCUT2D eigenvalue weighted by molar-refractivity contribution is 5.96. The van der Waals surface area contributed by atoms with Gasteiger partial charge in [0.15, 0.2) is 0 Å². The lowest BCUT2D eigenvalue weighted by molar-refractivity contribution is 0.0478. The number of nitrogens with zero attached hydrogens (tertiary/aromatic N) is 4. The standard InChI is InChI=1S/C15H21N5O2/c1-4-19-7-8-20(9-12(19)14-16-5-6-17-14)15(21)13-10(2)18-22-11(13)3/h5-6,12H,4,7-9H2,1-3H3,(H,16,17). The Kier molecular flexibility index (Phi) is 3.98. The van der Waals surface area contributed by atoms with Crippen molar-refractivity contribution in [2.45, 2.75) is 26.8 Å². The van der Waals surface area contributed by atoms with Crippen LogP contribution in [-0.4, -0.2) is 57.0 Å². The number of rotatable bonds is 3. The summed E-state index contributed by atoms with van der Waals surface area (Å²) in [4.78, 5) is 24.5. The summed E-state index contributed by atoms with van der Waals surface area (Å²) < 4.78 is 5.12. The van der Waals surface area contributed by atoms with Crippen LogP contribution in [0.1, 0.15) is 40.6 Å². The number of aromatic nitrogens is 3. The number of piperazine rings is 1. The number of likely N-dealkylation sites (N-methyl/N-ethyl adjacent to an activating group) is 1. The van der Waals surface area contributed by atoms with Crippen LogP contribution in [0.15, 0.2) is 16.9 Å². The lowest BCUT2D eigenvalue weighted by Crippen LogP contribution is -2.50. The first-order chi connectivity index (χ1) is 10.6. The highest BCUT2D eigenvalue weighted by Crippen LogP contribution is 2.25. The van der Waals surface area contributed by atoms with Crippen LogP contribution in [-0.2, 0) is 0 Å². The number of nitrogens with one attached hydrogen (secondary N) is 1. The Morgan fingerprint density at radius 2 is 2.27 bits per heavy atom. The van der Waals surface area contributed by atoms with Gasteiger partial charge in [-0.15, -0.1) is 0 Å². The zero-order chi connectivity index (χ0) is 15.7. The molecule has 1 saturated heterocycles. The molecule has 1 atom stereocenters. The lowest BCUT2D eigenvalue weighted by Gasteiger charge is -2.40. The summed E-state index contributed by atoms with van der Waals surface area (Å²) in [6.07, 6.45) is 3.57. The molecule has 22 heavy (non-hydrogen) atoms. The summed E-state index contributed by atoms with van der Waals surface area (Å²) in [6, 6.07) is 0.0955. The van der Waals surface area contributed by atoms with Crippen LogP contribution >= 0.6 is 0 Å². The molecule has 7 heteroatoms. The van der Waals surface area contributed by atoms with E-state index in [0.717, 1.165) is 18.9 Å². The summed E-state index contributed by atoms with van der Waals surface area (Å²) >= 11 is 0. The zero-order valence-electron chi connectivity index (χ0n) is 13.2. The molecular weight excluding hydrogens is 282 g/mol. The van der Waals surface area contributed by atoms with Crippen molar-refractivity contribution in [1.29, 1.82) is 0 Å². The van der Waals surface area contributed by atoms with E-state index in [1.807, 2.05) is 11.1 Å². The normalized spacial score (nSPS) is 19.6. The summed E-state index contributed by atoms with van der Waals surface area (Å²) in [5.41, 5.74) is 1.23. The number of imidazole rings is 1. The average Bonchev–Trinajstić information content (AvgIpc) is 3.16. The smallest absolute Gasteiger partial charge is 0.259 e. The van der Waals surface area contributed by atoms with Crippen molar-refractivity contribution in [1.82, 2.24) is 24.9 Å². The first kappa shape index (κ1) is 14.8. The minimum Gasteiger partial charge on any atom is -0.361 e. The van der Waals surface area contributed by atoms with Gasteiger partial charge >= 0.3 is 0 Å². The van der Waals surface area contributed by atoms with Crippen molar-refractivity contribution < 1.29 is 9.32 Å². The van der Waals surface area contributed by atoms with Gasteiger partial charge in [-0.05, 0) is 20.4 Å². The van der Waals surface area contributed by atoms with E-state index >= 15 is 0 Å². The van der Waals surface area contributed by atoms with Gasteiger partial charge in [-0.25, -0.2) is 4.98 Å². The second-order valence-corrected chi connectivity index (χ2v) is 5.57. The first-order valence-corrected chi connectivity index (χ1v) is 7.57. The SMILES string of the molecule is CCN1CCN(C(=O)c2c(C)noc2C)CC1c1ncc[nH]1. The van der Waals surface area contributed by atoms with Gasteiger partial charge in [0.1, 0.15) is 17.1 Å². The van der Waals surface area contributed by atoms with E-state index in [2.05, 4.69) is 26.9 Å². The molecule has 1 aliphatic heterocycles. The van der Waals surface area contributed by atoms with E-state index < -0.39 is 0 Å². The first-order valence-electron chi connectivity index (χ1n) is 7.57. The predicted molar refractivity (Wildman–Crippen MR) is 80.5 cm³/mol. The van der Waals surface area contributed by atoms with Crippen molar-refractivity contribution in [3.8, 4) is 0 Å². The Morgan fingerprint density at radius 3 is 2.86 bits per heavy atom. The highest BCUT2D eigenvalue weighted by atomic mass is 16.5. The molecule has 2 aromatic rings. The second kappa shape index (κ2) is 5.92. The quantitative estimate of drug-likeness (QED) is 0.930. The van der Waals surface area contributed by atoms with Crippen LogP contribution in [0.2, 0.25) is 0 Å². The number of hydrogen-bond acceptors (Lipinski definition) is 5. The molecule has 0 aromatic carbocycles. The fraction of sp³-hybridized carbons (Fsp3) is 0.533. The zero-order valence-corrected chi connectivity index (χ0v) is 13.2. The Hall–Kier alpha value is -2.15. The summed E-state index contributed by atoms with van der Waals surface area (Å²) in [5, 5.41) is 3.88. The molecule has 0 spiro atoms. The number of aryl methyl sites for hydroxylation is 2. The molecule has 1 aliphatic rings. The molecule has 0 aliphatic carbocycles. The van der Waals surface area contributed by atoms with Crippen LogP contribution < -0.4 is 0 Å². The van der Waals surface area contributed by atoms with Crippen molar-refractivity contribution in [3.05, 3.63) is 35.2 Å². The minimum absolute atomic E-state index is 0.0106. The Bertz CT molecular complexity index is 629. The van der Waals surface area contributed by atoms with Crippen LogP contribution in [0.3, 0.4) is 0 Å². The molecule has 1 fully saturated rings. The van der Waals surface area contributed by atoms with Gasteiger partial charge in [-0.2, -0.15) is 0 Å². The molecule has 0 bridgehead atoms. The maximum Gasteiger partial charge on any atom is 0.259 e. The second-order valence-electron chi connectivity index (χ2n) is 5.57. The van der Waals surface area contributed by atoms with Crippen LogP contribution in [0.25, 0.3) is 0 Å². The maximum atomic E-state index is 12.8. The minimum atomic E-state index is -0.0106. The Balaban J connectivity index is 1.83. The van der Waals surface area contributed by atoms with E-state index in [0.29, 0.717) is 30.1 Å². The highest BCUT2D eigenvalue weighted by Gasteiger charge is 2.33. The third kappa shape index (κ3) is 2.52.